The van der Waals surface area contributed by atoms with E-state index in [2.05, 4.69) is 0 Å². The lowest BCUT2D eigenvalue weighted by Gasteiger charge is -2.27. The Labute approximate surface area is 133 Å². The highest BCUT2D eigenvalue weighted by Crippen LogP contribution is 2.39. The normalized spacial score (nSPS) is 15.3. The molecule has 0 aromatic rings. The highest BCUT2D eigenvalue weighted by Gasteiger charge is 2.51. The summed E-state index contributed by atoms with van der Waals surface area (Å²) in [7, 11) is -6.08. The molecule has 0 aromatic carbocycles. The first-order chi connectivity index (χ1) is 10.6. The van der Waals surface area contributed by atoms with Crippen molar-refractivity contribution in [3.63, 3.8) is 0 Å². The molecule has 0 saturated carbocycles. The van der Waals surface area contributed by atoms with E-state index in [1.807, 2.05) is 0 Å². The summed E-state index contributed by atoms with van der Waals surface area (Å²) in [6.45, 7) is 0. The first-order valence-corrected chi connectivity index (χ1v) is 7.73. The number of hydrogen-bond acceptors (Lipinski definition) is 2. The maximum atomic E-state index is 12.3. The van der Waals surface area contributed by atoms with Gasteiger partial charge in [0.25, 0.3) is 0 Å². The van der Waals surface area contributed by atoms with Gasteiger partial charge in [0, 0.05) is 0 Å². The summed E-state index contributed by atoms with van der Waals surface area (Å²) in [5.74, 6) is 0. The van der Waals surface area contributed by atoms with Crippen LogP contribution in [0.25, 0.3) is 0 Å². The van der Waals surface area contributed by atoms with E-state index < -0.39 is 70.7 Å². The lowest BCUT2D eigenvalue weighted by Crippen LogP contribution is -2.42. The molecule has 152 valence electrons. The maximum absolute atomic E-state index is 12.3. The topological polar surface area (TPSA) is 34.1 Å². The minimum atomic E-state index is -6.08. The van der Waals surface area contributed by atoms with Crippen LogP contribution in [-0.2, 0) is 9.84 Å². The molecule has 0 aromatic heterocycles. The van der Waals surface area contributed by atoms with E-state index in [1.54, 1.807) is 0 Å². The molecule has 0 bridgehead atoms. The summed E-state index contributed by atoms with van der Waals surface area (Å²) in [5, 5.41) is -7.02. The molecule has 0 unspecified atom stereocenters. The number of rotatable bonds is 6. The summed E-state index contributed by atoms with van der Waals surface area (Å²) in [4.78, 5) is 0. The molecule has 2 nitrogen and oxygen atoms in total. The Kier molecular flexibility index (Phi) is 7.12. The molecule has 0 radical (unpaired) electrons. The molecule has 0 amide bonds. The molecular weight excluding hydrogens is 412 g/mol. The van der Waals surface area contributed by atoms with E-state index in [-0.39, 0.29) is 0 Å². The lowest BCUT2D eigenvalue weighted by molar-refractivity contribution is -0.157. The molecule has 0 rings (SSSR count). The number of alkyl halides is 12. The van der Waals surface area contributed by atoms with Crippen LogP contribution in [-0.4, -0.2) is 43.6 Å². The van der Waals surface area contributed by atoms with Gasteiger partial charge < -0.3 is 0 Å². The summed E-state index contributed by atoms with van der Waals surface area (Å²) in [6, 6.07) is 0. The minimum absolute atomic E-state index is 2.72. The third kappa shape index (κ3) is 10.6. The monoisotopic (exact) mass is 422 g/mol. The fourth-order valence-corrected chi connectivity index (χ4v) is 4.14. The molecule has 0 spiro atoms. The number of sulfone groups is 1. The summed E-state index contributed by atoms with van der Waals surface area (Å²) >= 11 is 0. The van der Waals surface area contributed by atoms with Crippen LogP contribution in [0.2, 0.25) is 0 Å². The second kappa shape index (κ2) is 7.39. The summed E-state index contributed by atoms with van der Waals surface area (Å²) in [6.07, 6.45) is -33.1. The summed E-state index contributed by atoms with van der Waals surface area (Å²) < 4.78 is 171. The standard InChI is InChI=1S/C10H10F12O2S/c11-7(12,13)1-5(2-8(14,15)16)25(23,24)6(3-9(17,18)19)4-10(20,21)22/h5-6H,1-4H2. The van der Waals surface area contributed by atoms with E-state index in [0.29, 0.717) is 0 Å². The first kappa shape index (κ1) is 24.1. The SMILES string of the molecule is O=S(=O)(C(CC(F)(F)F)CC(F)(F)F)C(CC(F)(F)F)CC(F)(F)F. The predicted molar refractivity (Wildman–Crippen MR) is 59.2 cm³/mol. The molecule has 0 fully saturated rings. The molecule has 0 aliphatic carbocycles. The largest absolute Gasteiger partial charge is 0.390 e. The van der Waals surface area contributed by atoms with Crippen molar-refractivity contribution in [3.8, 4) is 0 Å². The third-order valence-corrected chi connectivity index (χ3v) is 5.29. The van der Waals surface area contributed by atoms with Gasteiger partial charge >= 0.3 is 24.7 Å². The number of hydrogen-bond donors (Lipinski definition) is 0. The van der Waals surface area contributed by atoms with Gasteiger partial charge in [0.05, 0.1) is 36.2 Å². The van der Waals surface area contributed by atoms with E-state index in [9.17, 15) is 61.1 Å². The smallest absolute Gasteiger partial charge is 0.228 e. The summed E-state index contributed by atoms with van der Waals surface area (Å²) in [5.41, 5.74) is 0. The van der Waals surface area contributed by atoms with E-state index in [4.69, 9.17) is 0 Å². The quantitative estimate of drug-likeness (QED) is 0.568. The molecule has 0 saturated heterocycles. The van der Waals surface area contributed by atoms with Gasteiger partial charge in [-0.2, -0.15) is 52.7 Å². The molecule has 25 heavy (non-hydrogen) atoms. The van der Waals surface area contributed by atoms with Crippen molar-refractivity contribution in [2.75, 3.05) is 0 Å². The van der Waals surface area contributed by atoms with Gasteiger partial charge in [-0.1, -0.05) is 0 Å². The Hall–Kier alpha value is -0.890. The lowest BCUT2D eigenvalue weighted by atomic mass is 10.2. The van der Waals surface area contributed by atoms with Gasteiger partial charge in [0.2, 0.25) is 0 Å². The zero-order valence-electron chi connectivity index (χ0n) is 11.7. The van der Waals surface area contributed by atoms with Gasteiger partial charge in [0.1, 0.15) is 0 Å². The second-order valence-electron chi connectivity index (χ2n) is 5.11. The van der Waals surface area contributed by atoms with Gasteiger partial charge in [-0.3, -0.25) is 0 Å². The predicted octanol–water partition coefficient (Wildman–Crippen LogP) is 4.95. The third-order valence-electron chi connectivity index (χ3n) is 2.77. The van der Waals surface area contributed by atoms with Crippen LogP contribution in [0.5, 0.6) is 0 Å². The maximum Gasteiger partial charge on any atom is 0.390 e. The highest BCUT2D eigenvalue weighted by molar-refractivity contribution is 7.92. The average Bonchev–Trinajstić information content (AvgIpc) is 2.18. The van der Waals surface area contributed by atoms with Gasteiger partial charge in [-0.25, -0.2) is 8.42 Å². The first-order valence-electron chi connectivity index (χ1n) is 6.12. The molecule has 15 heteroatoms. The second-order valence-corrected chi connectivity index (χ2v) is 7.62. The highest BCUT2D eigenvalue weighted by atomic mass is 32.2. The molecular formula is C10H10F12O2S. The van der Waals surface area contributed by atoms with E-state index in [1.165, 1.54) is 0 Å². The minimum Gasteiger partial charge on any atom is -0.228 e. The molecule has 0 aliphatic heterocycles. The van der Waals surface area contributed by atoms with Crippen molar-refractivity contribution in [1.82, 2.24) is 0 Å². The number of halogens is 12. The van der Waals surface area contributed by atoms with Crippen LogP contribution >= 0.6 is 0 Å². The van der Waals surface area contributed by atoms with Crippen molar-refractivity contribution in [1.29, 1.82) is 0 Å². The van der Waals surface area contributed by atoms with Gasteiger partial charge in [-0.15, -0.1) is 0 Å². The Morgan fingerprint density at radius 3 is 0.760 bits per heavy atom. The van der Waals surface area contributed by atoms with Crippen LogP contribution < -0.4 is 0 Å². The van der Waals surface area contributed by atoms with Crippen LogP contribution in [0.4, 0.5) is 52.7 Å². The van der Waals surface area contributed by atoms with Crippen molar-refractivity contribution in [3.05, 3.63) is 0 Å². The van der Waals surface area contributed by atoms with Gasteiger partial charge in [-0.05, 0) is 0 Å². The van der Waals surface area contributed by atoms with Crippen molar-refractivity contribution >= 4 is 9.84 Å². The molecule has 0 aliphatic rings. The van der Waals surface area contributed by atoms with Gasteiger partial charge in [0.15, 0.2) is 9.84 Å². The Morgan fingerprint density at radius 2 is 0.640 bits per heavy atom. The Bertz CT molecular complexity index is 450. The van der Waals surface area contributed by atoms with E-state index in [0.717, 1.165) is 0 Å². The molecule has 0 atom stereocenters. The van der Waals surface area contributed by atoms with Crippen molar-refractivity contribution in [2.24, 2.45) is 0 Å². The molecule has 0 N–H and O–H groups in total. The van der Waals surface area contributed by atoms with Crippen molar-refractivity contribution in [2.45, 2.75) is 60.9 Å². The Morgan fingerprint density at radius 1 is 0.480 bits per heavy atom. The van der Waals surface area contributed by atoms with Crippen LogP contribution in [0.1, 0.15) is 25.7 Å². The molecule has 0 heterocycles. The fourth-order valence-electron chi connectivity index (χ4n) is 1.91. The fraction of sp³-hybridized carbons (Fsp3) is 1.00. The zero-order chi connectivity index (χ0) is 20.5. The van der Waals surface area contributed by atoms with Crippen LogP contribution in [0, 0.1) is 0 Å². The zero-order valence-corrected chi connectivity index (χ0v) is 12.6. The van der Waals surface area contributed by atoms with Crippen LogP contribution in [0.15, 0.2) is 0 Å². The Balaban J connectivity index is 5.92. The average molecular weight is 422 g/mol. The van der Waals surface area contributed by atoms with Crippen molar-refractivity contribution < 1.29 is 61.1 Å². The van der Waals surface area contributed by atoms with Crippen LogP contribution in [0.3, 0.4) is 0 Å². The van der Waals surface area contributed by atoms with E-state index >= 15 is 0 Å².